The molecule has 2 amide bonds. The van der Waals surface area contributed by atoms with Gasteiger partial charge in [-0.25, -0.2) is 14.5 Å². The molecule has 0 aliphatic carbocycles. The van der Waals surface area contributed by atoms with E-state index in [0.717, 1.165) is 18.4 Å². The van der Waals surface area contributed by atoms with Crippen molar-refractivity contribution in [2.75, 3.05) is 25.5 Å². The van der Waals surface area contributed by atoms with Crippen LogP contribution in [-0.4, -0.2) is 56.1 Å². The standard InChI is InChI=1S/C25H27N7O3/c1-16-9-11-17(12-10-16)14-32-23-21(29-30-32)24(33)28-22(27-23)18-6-5-13-31(15-18)25(34)26-19-7-3-4-8-20(19)35-2/h3-4,7-12,18H,5-6,13-15H2,1-2H3,(H,26,34)(H,27,28,33)/t18-/m1/s1. The first-order valence-electron chi connectivity index (χ1n) is 11.6. The van der Waals surface area contributed by atoms with Crippen LogP contribution in [0.5, 0.6) is 5.75 Å². The summed E-state index contributed by atoms with van der Waals surface area (Å²) in [6, 6.07) is 15.2. The Bertz CT molecular complexity index is 1410. The van der Waals surface area contributed by atoms with Gasteiger partial charge < -0.3 is 19.9 Å². The van der Waals surface area contributed by atoms with Gasteiger partial charge in [-0.2, -0.15) is 0 Å². The molecule has 0 unspecified atom stereocenters. The Morgan fingerprint density at radius 2 is 2.00 bits per heavy atom. The van der Waals surface area contributed by atoms with Crippen molar-refractivity contribution < 1.29 is 9.53 Å². The molecule has 2 aromatic heterocycles. The van der Waals surface area contributed by atoms with Crippen LogP contribution in [0.25, 0.3) is 11.2 Å². The molecule has 2 aromatic carbocycles. The SMILES string of the molecule is COc1ccccc1NC(=O)N1CCC[C@@H](c2nc3c(nnn3Cc3ccc(C)cc3)c(=O)[nH]2)C1. The fraction of sp³-hybridized carbons (Fsp3) is 0.320. The topological polar surface area (TPSA) is 118 Å². The van der Waals surface area contributed by atoms with Crippen LogP contribution < -0.4 is 15.6 Å². The number of urea groups is 1. The Balaban J connectivity index is 1.37. The summed E-state index contributed by atoms with van der Waals surface area (Å²) in [5.74, 6) is 1.04. The van der Waals surface area contributed by atoms with Gasteiger partial charge in [0.05, 0.1) is 19.3 Å². The number of aromatic nitrogens is 5. The smallest absolute Gasteiger partial charge is 0.321 e. The van der Waals surface area contributed by atoms with Crippen LogP contribution in [-0.2, 0) is 6.54 Å². The number of para-hydroxylation sites is 2. The van der Waals surface area contributed by atoms with E-state index in [-0.39, 0.29) is 23.0 Å². The molecule has 10 nitrogen and oxygen atoms in total. The maximum atomic E-state index is 13.0. The van der Waals surface area contributed by atoms with E-state index in [1.807, 2.05) is 43.3 Å². The summed E-state index contributed by atoms with van der Waals surface area (Å²) in [6.45, 7) is 3.56. The largest absolute Gasteiger partial charge is 0.495 e. The van der Waals surface area contributed by atoms with E-state index in [1.165, 1.54) is 5.56 Å². The lowest BCUT2D eigenvalue weighted by Gasteiger charge is -2.32. The zero-order chi connectivity index (χ0) is 24.4. The van der Waals surface area contributed by atoms with Crippen LogP contribution in [0.4, 0.5) is 10.5 Å². The maximum absolute atomic E-state index is 13.0. The second-order valence-corrected chi connectivity index (χ2v) is 8.77. The van der Waals surface area contributed by atoms with Crippen molar-refractivity contribution in [2.24, 2.45) is 0 Å². The van der Waals surface area contributed by atoms with Gasteiger partial charge in [0.25, 0.3) is 5.56 Å². The number of aromatic amines is 1. The molecule has 10 heteroatoms. The van der Waals surface area contributed by atoms with Gasteiger partial charge in [0.1, 0.15) is 11.6 Å². The summed E-state index contributed by atoms with van der Waals surface area (Å²) in [4.78, 5) is 35.1. The van der Waals surface area contributed by atoms with E-state index in [0.29, 0.717) is 42.5 Å². The van der Waals surface area contributed by atoms with E-state index in [1.54, 1.807) is 28.8 Å². The number of rotatable bonds is 5. The number of hydrogen-bond acceptors (Lipinski definition) is 6. The number of aryl methyl sites for hydroxylation is 1. The molecule has 1 aliphatic heterocycles. The Kier molecular flexibility index (Phi) is 6.17. The zero-order valence-electron chi connectivity index (χ0n) is 19.7. The van der Waals surface area contributed by atoms with Crippen molar-refractivity contribution in [3.8, 4) is 5.75 Å². The number of amides is 2. The molecule has 1 fully saturated rings. The van der Waals surface area contributed by atoms with Crippen molar-refractivity contribution in [3.05, 3.63) is 75.8 Å². The van der Waals surface area contributed by atoms with E-state index in [2.05, 4.69) is 20.6 Å². The highest BCUT2D eigenvalue weighted by atomic mass is 16.5. The lowest BCUT2D eigenvalue weighted by atomic mass is 9.97. The Morgan fingerprint density at radius 1 is 1.20 bits per heavy atom. The van der Waals surface area contributed by atoms with Crippen molar-refractivity contribution in [1.82, 2.24) is 29.9 Å². The zero-order valence-corrected chi connectivity index (χ0v) is 19.7. The first-order chi connectivity index (χ1) is 17.0. The van der Waals surface area contributed by atoms with Crippen molar-refractivity contribution >= 4 is 22.9 Å². The number of nitrogens with one attached hydrogen (secondary N) is 2. The van der Waals surface area contributed by atoms with Gasteiger partial charge in [0.2, 0.25) is 0 Å². The van der Waals surface area contributed by atoms with E-state index in [4.69, 9.17) is 9.72 Å². The Hall–Kier alpha value is -4.21. The highest BCUT2D eigenvalue weighted by Gasteiger charge is 2.28. The highest BCUT2D eigenvalue weighted by molar-refractivity contribution is 5.91. The van der Waals surface area contributed by atoms with Crippen LogP contribution in [0.3, 0.4) is 0 Å². The van der Waals surface area contributed by atoms with Crippen molar-refractivity contribution in [3.63, 3.8) is 0 Å². The number of benzene rings is 2. The minimum atomic E-state index is -0.323. The number of carbonyl (C=O) groups is 1. The number of carbonyl (C=O) groups excluding carboxylic acids is 1. The number of likely N-dealkylation sites (tertiary alicyclic amines) is 1. The quantitative estimate of drug-likeness (QED) is 0.459. The van der Waals surface area contributed by atoms with E-state index < -0.39 is 0 Å². The lowest BCUT2D eigenvalue weighted by Crippen LogP contribution is -2.42. The predicted octanol–water partition coefficient (Wildman–Crippen LogP) is 3.29. The van der Waals surface area contributed by atoms with Gasteiger partial charge in [0, 0.05) is 19.0 Å². The van der Waals surface area contributed by atoms with Crippen molar-refractivity contribution in [1.29, 1.82) is 0 Å². The van der Waals surface area contributed by atoms with Crippen LogP contribution >= 0.6 is 0 Å². The van der Waals surface area contributed by atoms with Gasteiger partial charge >= 0.3 is 6.03 Å². The lowest BCUT2D eigenvalue weighted by molar-refractivity contribution is 0.191. The molecular weight excluding hydrogens is 446 g/mol. The molecule has 0 bridgehead atoms. The fourth-order valence-electron chi connectivity index (χ4n) is 4.38. The highest BCUT2D eigenvalue weighted by Crippen LogP contribution is 2.27. The molecular formula is C25H27N7O3. The molecule has 35 heavy (non-hydrogen) atoms. The second kappa shape index (κ2) is 9.57. The predicted molar refractivity (Wildman–Crippen MR) is 132 cm³/mol. The Labute approximate surface area is 201 Å². The molecule has 5 rings (SSSR count). The van der Waals surface area contributed by atoms with E-state index >= 15 is 0 Å². The van der Waals surface area contributed by atoms with Crippen LogP contribution in [0.2, 0.25) is 0 Å². The third-order valence-corrected chi connectivity index (χ3v) is 6.29. The number of ether oxygens (including phenoxy) is 1. The number of nitrogens with zero attached hydrogens (tertiary/aromatic N) is 5. The minimum absolute atomic E-state index is 0.105. The molecule has 0 spiro atoms. The van der Waals surface area contributed by atoms with Crippen LogP contribution in [0.15, 0.2) is 53.3 Å². The summed E-state index contributed by atoms with van der Waals surface area (Å²) in [5.41, 5.74) is 3.16. The second-order valence-electron chi connectivity index (χ2n) is 8.77. The average molecular weight is 474 g/mol. The minimum Gasteiger partial charge on any atom is -0.495 e. The normalized spacial score (nSPS) is 15.8. The van der Waals surface area contributed by atoms with Gasteiger partial charge in [-0.05, 0) is 37.5 Å². The number of methoxy groups -OCH3 is 1. The molecule has 4 aromatic rings. The molecule has 0 saturated carbocycles. The van der Waals surface area contributed by atoms with Crippen LogP contribution in [0, 0.1) is 6.92 Å². The van der Waals surface area contributed by atoms with Crippen LogP contribution in [0.1, 0.15) is 35.7 Å². The summed E-state index contributed by atoms with van der Waals surface area (Å²) in [5, 5.41) is 11.1. The number of anilines is 1. The van der Waals surface area contributed by atoms with Crippen molar-refractivity contribution in [2.45, 2.75) is 32.2 Å². The first-order valence-corrected chi connectivity index (χ1v) is 11.6. The van der Waals surface area contributed by atoms with Gasteiger partial charge in [0.15, 0.2) is 11.2 Å². The summed E-state index contributed by atoms with van der Waals surface area (Å²) in [7, 11) is 1.57. The fourth-order valence-corrected chi connectivity index (χ4v) is 4.38. The summed E-state index contributed by atoms with van der Waals surface area (Å²) >= 11 is 0. The molecule has 180 valence electrons. The summed E-state index contributed by atoms with van der Waals surface area (Å²) < 4.78 is 6.98. The first kappa shape index (κ1) is 22.6. The molecule has 1 atom stereocenters. The van der Waals surface area contributed by atoms with Gasteiger partial charge in [-0.15, -0.1) is 5.10 Å². The number of fused-ring (bicyclic) bond motifs is 1. The van der Waals surface area contributed by atoms with Gasteiger partial charge in [-0.1, -0.05) is 47.2 Å². The molecule has 3 heterocycles. The third kappa shape index (κ3) is 4.72. The molecule has 2 N–H and O–H groups in total. The van der Waals surface area contributed by atoms with E-state index in [9.17, 15) is 9.59 Å². The monoisotopic (exact) mass is 473 g/mol. The molecule has 1 saturated heterocycles. The van der Waals surface area contributed by atoms with Gasteiger partial charge in [-0.3, -0.25) is 4.79 Å². The maximum Gasteiger partial charge on any atom is 0.321 e. The molecule has 1 aliphatic rings. The molecule has 0 radical (unpaired) electrons. The third-order valence-electron chi connectivity index (χ3n) is 6.29. The number of piperidine rings is 1. The number of H-pyrrole nitrogens is 1. The average Bonchev–Trinajstić information content (AvgIpc) is 3.29. The Morgan fingerprint density at radius 3 is 2.80 bits per heavy atom. The number of hydrogen-bond donors (Lipinski definition) is 2. The summed E-state index contributed by atoms with van der Waals surface area (Å²) in [6.07, 6.45) is 1.61.